The summed E-state index contributed by atoms with van der Waals surface area (Å²) in [6, 6.07) is 13.8. The van der Waals surface area contributed by atoms with Crippen molar-refractivity contribution in [1.82, 2.24) is 14.5 Å². The fourth-order valence-corrected chi connectivity index (χ4v) is 4.08. The smallest absolute Gasteiger partial charge is 0.227 e. The maximum absolute atomic E-state index is 12.4. The van der Waals surface area contributed by atoms with Gasteiger partial charge in [0.25, 0.3) is 0 Å². The van der Waals surface area contributed by atoms with Crippen LogP contribution in [0.15, 0.2) is 59.4 Å². The van der Waals surface area contributed by atoms with Gasteiger partial charge in [-0.3, -0.25) is 4.79 Å². The zero-order valence-electron chi connectivity index (χ0n) is 16.3. The lowest BCUT2D eigenvalue weighted by Gasteiger charge is -2.10. The number of hydrogen-bond donors (Lipinski definition) is 1. The fourth-order valence-electron chi connectivity index (χ4n) is 4.08. The topological polar surface area (TPSA) is 72.4 Å². The van der Waals surface area contributed by atoms with E-state index in [1.54, 1.807) is 0 Å². The van der Waals surface area contributed by atoms with E-state index in [4.69, 9.17) is 9.51 Å². The zero-order chi connectivity index (χ0) is 19.8. The Morgan fingerprint density at radius 1 is 1.17 bits per heavy atom. The van der Waals surface area contributed by atoms with Crippen molar-refractivity contribution < 1.29 is 9.32 Å². The lowest BCUT2D eigenvalue weighted by atomic mass is 10.0. The van der Waals surface area contributed by atoms with Crippen LogP contribution in [0.1, 0.15) is 31.4 Å². The summed E-state index contributed by atoms with van der Waals surface area (Å²) < 4.78 is 7.42. The van der Waals surface area contributed by atoms with Gasteiger partial charge in [0.2, 0.25) is 5.91 Å². The van der Waals surface area contributed by atoms with Crippen LogP contribution >= 0.6 is 0 Å². The van der Waals surface area contributed by atoms with E-state index in [0.717, 1.165) is 65.3 Å². The number of pyridine rings is 1. The Labute approximate surface area is 168 Å². The molecule has 3 aromatic heterocycles. The number of rotatable bonds is 4. The number of aryl methyl sites for hydroxylation is 1. The highest BCUT2D eigenvalue weighted by Gasteiger charge is 2.23. The molecule has 1 saturated carbocycles. The molecule has 29 heavy (non-hydrogen) atoms. The molecule has 6 heteroatoms. The second-order valence-corrected chi connectivity index (χ2v) is 7.61. The predicted molar refractivity (Wildman–Crippen MR) is 111 cm³/mol. The first-order valence-corrected chi connectivity index (χ1v) is 10.0. The lowest BCUT2D eigenvalue weighted by Crippen LogP contribution is -2.20. The van der Waals surface area contributed by atoms with Crippen LogP contribution in [0.25, 0.3) is 28.2 Å². The van der Waals surface area contributed by atoms with Gasteiger partial charge in [0.05, 0.1) is 11.3 Å². The van der Waals surface area contributed by atoms with Gasteiger partial charge >= 0.3 is 0 Å². The average Bonchev–Trinajstić information content (AvgIpc) is 3.47. The normalized spacial score (nSPS) is 14.5. The van der Waals surface area contributed by atoms with Crippen LogP contribution in [0.4, 0.5) is 5.69 Å². The Morgan fingerprint density at radius 3 is 2.76 bits per heavy atom. The van der Waals surface area contributed by atoms with E-state index in [1.807, 2.05) is 66.2 Å². The molecule has 5 rings (SSSR count). The van der Waals surface area contributed by atoms with E-state index in [-0.39, 0.29) is 11.8 Å². The summed E-state index contributed by atoms with van der Waals surface area (Å²) in [5.41, 5.74) is 4.99. The Balaban J connectivity index is 1.48. The number of aromatic nitrogens is 3. The fraction of sp³-hybridized carbons (Fsp3) is 0.261. The molecule has 6 nitrogen and oxygen atoms in total. The third-order valence-corrected chi connectivity index (χ3v) is 5.62. The van der Waals surface area contributed by atoms with Gasteiger partial charge < -0.3 is 14.2 Å². The number of nitrogens with one attached hydrogen (secondary N) is 1. The van der Waals surface area contributed by atoms with Crippen molar-refractivity contribution in [3.63, 3.8) is 0 Å². The summed E-state index contributed by atoms with van der Waals surface area (Å²) in [4.78, 5) is 17.2. The van der Waals surface area contributed by atoms with Crippen molar-refractivity contribution in [2.45, 2.75) is 32.6 Å². The molecule has 4 aromatic rings. The Kier molecular flexibility index (Phi) is 4.39. The van der Waals surface area contributed by atoms with Crippen LogP contribution in [0.2, 0.25) is 0 Å². The van der Waals surface area contributed by atoms with Crippen LogP contribution in [-0.4, -0.2) is 20.4 Å². The van der Waals surface area contributed by atoms with Gasteiger partial charge in [0.15, 0.2) is 0 Å². The van der Waals surface area contributed by atoms with Crippen molar-refractivity contribution in [3.8, 4) is 22.5 Å². The van der Waals surface area contributed by atoms with Gasteiger partial charge in [-0.25, -0.2) is 4.98 Å². The highest BCUT2D eigenvalue weighted by atomic mass is 16.5. The summed E-state index contributed by atoms with van der Waals surface area (Å²) in [6.45, 7) is 1.89. The molecule has 0 aliphatic heterocycles. The summed E-state index contributed by atoms with van der Waals surface area (Å²) in [6.07, 6.45) is 8.13. The second-order valence-electron chi connectivity index (χ2n) is 7.61. The molecule has 1 N–H and O–H groups in total. The van der Waals surface area contributed by atoms with Crippen LogP contribution in [0, 0.1) is 12.8 Å². The van der Waals surface area contributed by atoms with Crippen molar-refractivity contribution in [2.24, 2.45) is 5.92 Å². The van der Waals surface area contributed by atoms with E-state index >= 15 is 0 Å². The van der Waals surface area contributed by atoms with Crippen molar-refractivity contribution in [3.05, 3.63) is 60.6 Å². The van der Waals surface area contributed by atoms with Gasteiger partial charge in [-0.1, -0.05) is 48.3 Å². The summed E-state index contributed by atoms with van der Waals surface area (Å²) in [5, 5.41) is 7.30. The number of carbonyl (C=O) groups excluding carboxylic acids is 1. The molecule has 1 aliphatic rings. The summed E-state index contributed by atoms with van der Waals surface area (Å²) >= 11 is 0. The maximum Gasteiger partial charge on any atom is 0.227 e. The molecule has 0 bridgehead atoms. The minimum Gasteiger partial charge on any atom is -0.360 e. The number of amides is 1. The average molecular weight is 386 g/mol. The Morgan fingerprint density at radius 2 is 1.97 bits per heavy atom. The second kappa shape index (κ2) is 7.20. The molecule has 0 spiro atoms. The van der Waals surface area contributed by atoms with Crippen LogP contribution < -0.4 is 5.32 Å². The number of anilines is 1. The summed E-state index contributed by atoms with van der Waals surface area (Å²) in [5.74, 6) is 0.969. The number of carbonyl (C=O) groups is 1. The maximum atomic E-state index is 12.4. The molecular formula is C23H22N4O2. The van der Waals surface area contributed by atoms with Crippen molar-refractivity contribution >= 4 is 17.2 Å². The van der Waals surface area contributed by atoms with Gasteiger partial charge in [-0.05, 0) is 25.8 Å². The van der Waals surface area contributed by atoms with E-state index in [9.17, 15) is 4.79 Å². The van der Waals surface area contributed by atoms with Gasteiger partial charge in [-0.15, -0.1) is 0 Å². The molecule has 0 radical (unpaired) electrons. The third-order valence-electron chi connectivity index (χ3n) is 5.62. The molecule has 1 fully saturated rings. The molecule has 3 heterocycles. The molecule has 1 aliphatic carbocycles. The lowest BCUT2D eigenvalue weighted by molar-refractivity contribution is -0.119. The van der Waals surface area contributed by atoms with E-state index in [2.05, 4.69) is 10.5 Å². The van der Waals surface area contributed by atoms with Crippen molar-refractivity contribution in [1.29, 1.82) is 0 Å². The van der Waals surface area contributed by atoms with Crippen LogP contribution in [0.5, 0.6) is 0 Å². The predicted octanol–water partition coefficient (Wildman–Crippen LogP) is 5.09. The number of imidazole rings is 1. The van der Waals surface area contributed by atoms with E-state index < -0.39 is 0 Å². The molecule has 0 unspecified atom stereocenters. The number of hydrogen-bond acceptors (Lipinski definition) is 4. The number of nitrogens with zero attached hydrogens (tertiary/aromatic N) is 3. The highest BCUT2D eigenvalue weighted by Crippen LogP contribution is 2.34. The molecule has 146 valence electrons. The minimum atomic E-state index is 0.111. The van der Waals surface area contributed by atoms with Crippen molar-refractivity contribution in [2.75, 3.05) is 5.32 Å². The van der Waals surface area contributed by atoms with Gasteiger partial charge in [-0.2, -0.15) is 0 Å². The monoisotopic (exact) mass is 386 g/mol. The first-order chi connectivity index (χ1) is 14.2. The SMILES string of the molecule is Cc1onc(-c2ccccc2)c1-c1cn2ccc(NC(=O)C3CCCC3)cc2n1. The quantitative estimate of drug-likeness (QED) is 0.530. The molecule has 1 aromatic carbocycles. The Hall–Kier alpha value is -3.41. The molecular weight excluding hydrogens is 364 g/mol. The van der Waals surface area contributed by atoms with E-state index in [0.29, 0.717) is 0 Å². The van der Waals surface area contributed by atoms with Crippen LogP contribution in [0.3, 0.4) is 0 Å². The van der Waals surface area contributed by atoms with Gasteiger partial charge in [0, 0.05) is 35.6 Å². The first kappa shape index (κ1) is 17.7. The molecule has 0 atom stereocenters. The largest absolute Gasteiger partial charge is 0.360 e. The summed E-state index contributed by atoms with van der Waals surface area (Å²) in [7, 11) is 0. The third kappa shape index (κ3) is 3.31. The van der Waals surface area contributed by atoms with E-state index in [1.165, 1.54) is 0 Å². The van der Waals surface area contributed by atoms with Crippen LogP contribution in [-0.2, 0) is 4.79 Å². The highest BCUT2D eigenvalue weighted by molar-refractivity contribution is 5.93. The Bertz CT molecular complexity index is 1170. The standard InChI is InChI=1S/C23H22N4O2/c1-15-21(22(26-29-15)16-7-3-2-4-8-16)19-14-27-12-11-18(13-20(27)25-19)24-23(28)17-9-5-6-10-17/h2-4,7-8,11-14,17H,5-6,9-10H2,1H3,(H,24,28). The zero-order valence-corrected chi connectivity index (χ0v) is 16.3. The first-order valence-electron chi connectivity index (χ1n) is 10.0. The number of benzene rings is 1. The molecule has 1 amide bonds. The minimum absolute atomic E-state index is 0.111. The number of fused-ring (bicyclic) bond motifs is 1. The van der Waals surface area contributed by atoms with Gasteiger partial charge in [0.1, 0.15) is 17.1 Å². The molecule has 0 saturated heterocycles.